The number of hydrogen-bond donors (Lipinski definition) is 6. The summed E-state index contributed by atoms with van der Waals surface area (Å²) in [4.78, 5) is 41.5. The number of likely N-dealkylation sites (N-methyl/N-ethyl adjacent to an activating group) is 1. The Bertz CT molecular complexity index is 1550. The summed E-state index contributed by atoms with van der Waals surface area (Å²) >= 11 is 0. The monoisotopic (exact) mass is 577 g/mol. The molecule has 7 N–H and O–H groups in total. The number of aromatic hydroxyl groups is 1. The maximum atomic E-state index is 14.2. The first-order chi connectivity index (χ1) is 20.0. The average Bonchev–Trinajstić information content (AvgIpc) is 3.65. The second kappa shape index (κ2) is 10.1. The van der Waals surface area contributed by atoms with E-state index in [0.29, 0.717) is 29.3 Å². The summed E-state index contributed by atoms with van der Waals surface area (Å²) in [6.45, 7) is 0.317. The molecule has 1 aromatic heterocycles. The Morgan fingerprint density at radius 2 is 1.90 bits per heavy atom. The molecule has 4 unspecified atom stereocenters. The van der Waals surface area contributed by atoms with Gasteiger partial charge in [0.15, 0.2) is 11.4 Å². The zero-order valence-electron chi connectivity index (χ0n) is 23.5. The van der Waals surface area contributed by atoms with Crippen LogP contribution in [0, 0.1) is 11.8 Å². The molecule has 4 aliphatic rings. The first kappa shape index (κ1) is 28.2. The van der Waals surface area contributed by atoms with Gasteiger partial charge in [-0.05, 0) is 69.0 Å². The number of rotatable bonds is 6. The number of nitrogens with two attached hydrogens (primary N) is 1. The van der Waals surface area contributed by atoms with Gasteiger partial charge in [-0.15, -0.1) is 0 Å². The van der Waals surface area contributed by atoms with Gasteiger partial charge in [-0.2, -0.15) is 0 Å². The van der Waals surface area contributed by atoms with Gasteiger partial charge in [0.25, 0.3) is 5.91 Å². The summed E-state index contributed by atoms with van der Waals surface area (Å²) in [6.07, 6.45) is 7.63. The van der Waals surface area contributed by atoms with Crippen LogP contribution in [-0.2, 0) is 22.6 Å². The van der Waals surface area contributed by atoms with Crippen LogP contribution in [0.25, 0.3) is 11.1 Å². The van der Waals surface area contributed by atoms with Gasteiger partial charge in [-0.3, -0.25) is 19.3 Å². The molecule has 0 saturated heterocycles. The molecule has 0 spiro atoms. The minimum atomic E-state index is -2.67. The van der Waals surface area contributed by atoms with E-state index in [0.717, 1.165) is 31.2 Å². The van der Waals surface area contributed by atoms with Gasteiger partial charge in [-0.1, -0.05) is 12.8 Å². The number of ketones is 2. The summed E-state index contributed by atoms with van der Waals surface area (Å²) in [5.74, 6) is -6.63. The number of phenolic OH excluding ortho intramolecular Hbond substituents is 1. The molecule has 42 heavy (non-hydrogen) atoms. The molecule has 1 saturated carbocycles. The van der Waals surface area contributed by atoms with Crippen molar-refractivity contribution in [2.75, 3.05) is 14.1 Å². The van der Waals surface area contributed by atoms with E-state index in [1.54, 1.807) is 26.4 Å². The zero-order valence-corrected chi connectivity index (χ0v) is 23.5. The fourth-order valence-corrected chi connectivity index (χ4v) is 7.57. The van der Waals surface area contributed by atoms with Crippen molar-refractivity contribution in [3.05, 3.63) is 64.0 Å². The zero-order chi connectivity index (χ0) is 30.1. The standard InChI is InChI=1S/C31H35N3O8/c1-34(2)24-20-11-15-9-19-18(14-7-8-42-13-14)10-16(12-33-17-5-3-4-6-17)25(35)22(19)26(36)21(15)28(38)31(20,41)29(39)23(27(24)37)30(32)40/h7-8,10,13,15,17,20,24,33,35,37-38,41H,3-6,9,11-12H2,1-2H3,(H2,32,40). The Morgan fingerprint density at radius 1 is 1.19 bits per heavy atom. The third-order valence-corrected chi connectivity index (χ3v) is 9.57. The molecule has 11 heteroatoms. The van der Waals surface area contributed by atoms with E-state index in [1.807, 2.05) is 6.07 Å². The van der Waals surface area contributed by atoms with Crippen LogP contribution in [0.1, 0.15) is 53.6 Å². The highest BCUT2D eigenvalue weighted by Crippen LogP contribution is 2.53. The third kappa shape index (κ3) is 4.02. The second-order valence-electron chi connectivity index (χ2n) is 12.1. The number of Topliss-reactive ketones (excluding diaryl/α,β-unsaturated/α-hetero) is 2. The van der Waals surface area contributed by atoms with Crippen LogP contribution >= 0.6 is 0 Å². The number of aliphatic hydroxyl groups excluding tert-OH is 2. The molecule has 1 heterocycles. The number of hydrogen-bond acceptors (Lipinski definition) is 10. The highest BCUT2D eigenvalue weighted by atomic mass is 16.3. The lowest BCUT2D eigenvalue weighted by Gasteiger charge is -2.50. The topological polar surface area (TPSA) is 187 Å². The van der Waals surface area contributed by atoms with Crippen molar-refractivity contribution in [2.24, 2.45) is 17.6 Å². The van der Waals surface area contributed by atoms with Gasteiger partial charge in [0, 0.05) is 35.2 Å². The molecule has 6 rings (SSSR count). The van der Waals surface area contributed by atoms with Gasteiger partial charge in [0.1, 0.15) is 22.8 Å². The van der Waals surface area contributed by atoms with Crippen LogP contribution in [0.2, 0.25) is 0 Å². The number of amides is 1. The number of furan rings is 1. The van der Waals surface area contributed by atoms with Crippen molar-refractivity contribution in [3.63, 3.8) is 0 Å². The maximum Gasteiger partial charge on any atom is 0.255 e. The number of nitrogens with zero attached hydrogens (tertiary/aromatic N) is 1. The molecule has 4 aliphatic carbocycles. The third-order valence-electron chi connectivity index (χ3n) is 9.57. The molecule has 1 amide bonds. The largest absolute Gasteiger partial charge is 0.510 e. The van der Waals surface area contributed by atoms with Gasteiger partial charge in [-0.25, -0.2) is 0 Å². The van der Waals surface area contributed by atoms with Crippen molar-refractivity contribution < 1.29 is 39.2 Å². The molecule has 1 fully saturated rings. The fraction of sp³-hybridized carbons (Fsp3) is 0.452. The Kier molecular flexibility index (Phi) is 6.79. The van der Waals surface area contributed by atoms with Crippen molar-refractivity contribution in [1.82, 2.24) is 10.2 Å². The van der Waals surface area contributed by atoms with Gasteiger partial charge in [0.05, 0.1) is 24.1 Å². The number of allylic oxidation sites excluding steroid dienone is 1. The SMILES string of the molecule is CN(C)C1C(O)=C(C(N)=O)C(=O)C2(O)C(O)=C3C(=O)c4c(O)c(CNC5CCCC5)cc(-c5ccoc5)c4CC3CC12. The summed E-state index contributed by atoms with van der Waals surface area (Å²) in [5, 5.41) is 49.3. The highest BCUT2D eigenvalue weighted by molar-refractivity contribution is 6.25. The lowest BCUT2D eigenvalue weighted by Crippen LogP contribution is -2.63. The number of fused-ring (bicyclic) bond motifs is 3. The van der Waals surface area contributed by atoms with Crippen LogP contribution in [0.5, 0.6) is 5.75 Å². The van der Waals surface area contributed by atoms with E-state index in [1.165, 1.54) is 11.2 Å². The normalized spacial score (nSPS) is 27.9. The Labute approximate surface area is 242 Å². The van der Waals surface area contributed by atoms with E-state index in [9.17, 15) is 34.8 Å². The number of nitrogens with one attached hydrogen (secondary N) is 1. The average molecular weight is 578 g/mol. The van der Waals surface area contributed by atoms with Crippen LogP contribution in [-0.4, -0.2) is 74.6 Å². The minimum Gasteiger partial charge on any atom is -0.510 e. The summed E-state index contributed by atoms with van der Waals surface area (Å²) < 4.78 is 5.34. The highest BCUT2D eigenvalue weighted by Gasteiger charge is 2.63. The van der Waals surface area contributed by atoms with Crippen LogP contribution in [0.3, 0.4) is 0 Å². The van der Waals surface area contributed by atoms with Crippen molar-refractivity contribution in [3.8, 4) is 16.9 Å². The van der Waals surface area contributed by atoms with E-state index < -0.39 is 58.0 Å². The van der Waals surface area contributed by atoms with E-state index in [4.69, 9.17) is 10.2 Å². The minimum absolute atomic E-state index is 0.00213. The maximum absolute atomic E-state index is 14.2. The van der Waals surface area contributed by atoms with Gasteiger partial charge >= 0.3 is 0 Å². The number of phenols is 1. The van der Waals surface area contributed by atoms with Crippen molar-refractivity contribution in [2.45, 2.75) is 62.8 Å². The fourth-order valence-electron chi connectivity index (χ4n) is 7.57. The molecular weight excluding hydrogens is 542 g/mol. The first-order valence-electron chi connectivity index (χ1n) is 14.2. The molecule has 0 bridgehead atoms. The first-order valence-corrected chi connectivity index (χ1v) is 14.2. The molecule has 11 nitrogen and oxygen atoms in total. The van der Waals surface area contributed by atoms with E-state index in [2.05, 4.69) is 5.32 Å². The molecule has 2 aromatic rings. The summed E-state index contributed by atoms with van der Waals surface area (Å²) in [7, 11) is 3.20. The number of benzene rings is 1. The number of carbonyl (C=O) groups excluding carboxylic acids is 3. The van der Waals surface area contributed by atoms with Crippen molar-refractivity contribution in [1.29, 1.82) is 0 Å². The van der Waals surface area contributed by atoms with E-state index in [-0.39, 0.29) is 29.7 Å². The molecule has 4 atom stereocenters. The predicted octanol–water partition coefficient (Wildman–Crippen LogP) is 2.41. The summed E-state index contributed by atoms with van der Waals surface area (Å²) in [5.41, 5.74) is 4.23. The van der Waals surface area contributed by atoms with Gasteiger partial charge in [0.2, 0.25) is 5.78 Å². The molecule has 1 aromatic carbocycles. The van der Waals surface area contributed by atoms with Gasteiger partial charge < -0.3 is 35.9 Å². The predicted molar refractivity (Wildman–Crippen MR) is 150 cm³/mol. The number of carbonyl (C=O) groups is 3. The molecule has 0 radical (unpaired) electrons. The Hall–Kier alpha value is -3.93. The lowest BCUT2D eigenvalue weighted by molar-refractivity contribution is -0.148. The van der Waals surface area contributed by atoms with Crippen LogP contribution < -0.4 is 11.1 Å². The summed E-state index contributed by atoms with van der Waals surface area (Å²) in [6, 6.07) is 2.88. The lowest BCUT2D eigenvalue weighted by atomic mass is 9.58. The number of primary amides is 1. The Balaban J connectivity index is 1.51. The molecule has 222 valence electrons. The van der Waals surface area contributed by atoms with Crippen LogP contribution in [0.15, 0.2) is 51.7 Å². The quantitative estimate of drug-likeness (QED) is 0.278. The second-order valence-corrected chi connectivity index (χ2v) is 12.1. The molecular formula is C31H35N3O8. The smallest absolute Gasteiger partial charge is 0.255 e. The van der Waals surface area contributed by atoms with Crippen LogP contribution in [0.4, 0.5) is 0 Å². The number of aliphatic hydroxyl groups is 3. The Morgan fingerprint density at radius 3 is 2.52 bits per heavy atom. The molecule has 0 aliphatic heterocycles. The van der Waals surface area contributed by atoms with Crippen molar-refractivity contribution >= 4 is 17.5 Å². The van der Waals surface area contributed by atoms with E-state index >= 15 is 0 Å².